The highest BCUT2D eigenvalue weighted by Crippen LogP contribution is 2.21. The fraction of sp³-hybridized carbons (Fsp3) is 1.00. The van der Waals surface area contributed by atoms with Crippen LogP contribution in [0.5, 0.6) is 0 Å². The molecule has 2 N–H and O–H groups in total. The van der Waals surface area contributed by atoms with Gasteiger partial charge in [0.25, 0.3) is 0 Å². The highest BCUT2D eigenvalue weighted by Gasteiger charge is 2.24. The summed E-state index contributed by atoms with van der Waals surface area (Å²) in [7, 11) is 0. The van der Waals surface area contributed by atoms with Crippen LogP contribution < -0.4 is 5.32 Å². The molecule has 2 rings (SSSR count). The topological polar surface area (TPSA) is 35.5 Å². The van der Waals surface area contributed by atoms with Crippen LogP contribution in [0.3, 0.4) is 0 Å². The first-order valence-electron chi connectivity index (χ1n) is 6.95. The maximum absolute atomic E-state index is 8.77. The SMILES string of the molecule is OCCCCN1CCCC(CNC2CC2)C1. The molecule has 1 saturated carbocycles. The van der Waals surface area contributed by atoms with Crippen LogP contribution in [0.2, 0.25) is 0 Å². The molecule has 2 fully saturated rings. The number of rotatable bonds is 7. The Kier molecular flexibility index (Phi) is 5.07. The van der Waals surface area contributed by atoms with E-state index in [1.54, 1.807) is 0 Å². The van der Waals surface area contributed by atoms with Crippen LogP contribution in [0, 0.1) is 5.92 Å². The van der Waals surface area contributed by atoms with E-state index in [1.807, 2.05) is 0 Å². The predicted molar refractivity (Wildman–Crippen MR) is 66.5 cm³/mol. The summed E-state index contributed by atoms with van der Waals surface area (Å²) in [6, 6.07) is 0.852. The van der Waals surface area contributed by atoms with Crippen molar-refractivity contribution in [2.75, 3.05) is 32.8 Å². The lowest BCUT2D eigenvalue weighted by molar-refractivity contribution is 0.165. The van der Waals surface area contributed by atoms with Gasteiger partial charge in [0.15, 0.2) is 0 Å². The van der Waals surface area contributed by atoms with Crippen molar-refractivity contribution in [3.05, 3.63) is 0 Å². The van der Waals surface area contributed by atoms with Gasteiger partial charge in [-0.25, -0.2) is 0 Å². The quantitative estimate of drug-likeness (QED) is 0.641. The molecule has 1 atom stereocenters. The molecular formula is C13H26N2O. The van der Waals surface area contributed by atoms with Crippen LogP contribution in [-0.2, 0) is 0 Å². The van der Waals surface area contributed by atoms with Crippen LogP contribution in [0.4, 0.5) is 0 Å². The minimum Gasteiger partial charge on any atom is -0.396 e. The molecule has 1 aliphatic carbocycles. The molecular weight excluding hydrogens is 200 g/mol. The molecule has 0 radical (unpaired) electrons. The molecule has 1 heterocycles. The van der Waals surface area contributed by atoms with Crippen molar-refractivity contribution in [1.82, 2.24) is 10.2 Å². The summed E-state index contributed by atoms with van der Waals surface area (Å²) in [5.41, 5.74) is 0. The standard InChI is InChI=1S/C13H26N2O/c16-9-2-1-7-15-8-3-4-12(11-15)10-14-13-5-6-13/h12-14,16H,1-11H2. The van der Waals surface area contributed by atoms with E-state index in [0.717, 1.165) is 24.8 Å². The Morgan fingerprint density at radius 3 is 2.81 bits per heavy atom. The Bertz CT molecular complexity index is 194. The predicted octanol–water partition coefficient (Wildman–Crippen LogP) is 1.22. The van der Waals surface area contributed by atoms with Crippen LogP contribution in [0.1, 0.15) is 38.5 Å². The van der Waals surface area contributed by atoms with E-state index in [1.165, 1.54) is 51.9 Å². The lowest BCUT2D eigenvalue weighted by Gasteiger charge is -2.32. The smallest absolute Gasteiger partial charge is 0.0431 e. The molecule has 0 aromatic rings. The maximum atomic E-state index is 8.77. The van der Waals surface area contributed by atoms with E-state index >= 15 is 0 Å². The third-order valence-electron chi connectivity index (χ3n) is 3.76. The largest absolute Gasteiger partial charge is 0.396 e. The lowest BCUT2D eigenvalue weighted by atomic mass is 9.97. The van der Waals surface area contributed by atoms with E-state index in [-0.39, 0.29) is 0 Å². The number of nitrogens with zero attached hydrogens (tertiary/aromatic N) is 1. The Labute approximate surface area is 99.2 Å². The third kappa shape index (κ3) is 4.40. The molecule has 94 valence electrons. The zero-order chi connectivity index (χ0) is 11.2. The summed E-state index contributed by atoms with van der Waals surface area (Å²) in [5.74, 6) is 0.864. The van der Waals surface area contributed by atoms with Crippen molar-refractivity contribution >= 4 is 0 Å². The van der Waals surface area contributed by atoms with Gasteiger partial charge < -0.3 is 15.3 Å². The molecule has 0 amide bonds. The number of hydrogen-bond acceptors (Lipinski definition) is 3. The molecule has 0 bridgehead atoms. The van der Waals surface area contributed by atoms with Gasteiger partial charge in [0, 0.05) is 19.2 Å². The molecule has 1 unspecified atom stereocenters. The van der Waals surface area contributed by atoms with Crippen LogP contribution in [-0.4, -0.2) is 48.8 Å². The Hall–Kier alpha value is -0.120. The summed E-state index contributed by atoms with van der Waals surface area (Å²) >= 11 is 0. The first-order chi connectivity index (χ1) is 7.88. The first kappa shape index (κ1) is 12.3. The molecule has 3 heteroatoms. The average Bonchev–Trinajstić information content (AvgIpc) is 3.11. The van der Waals surface area contributed by atoms with Crippen molar-refractivity contribution in [3.63, 3.8) is 0 Å². The van der Waals surface area contributed by atoms with Crippen molar-refractivity contribution < 1.29 is 5.11 Å². The first-order valence-corrected chi connectivity index (χ1v) is 6.95. The second-order valence-electron chi connectivity index (χ2n) is 5.42. The maximum Gasteiger partial charge on any atom is 0.0431 e. The van der Waals surface area contributed by atoms with Crippen molar-refractivity contribution in [2.24, 2.45) is 5.92 Å². The van der Waals surface area contributed by atoms with E-state index < -0.39 is 0 Å². The Balaban J connectivity index is 1.58. The van der Waals surface area contributed by atoms with E-state index in [0.29, 0.717) is 6.61 Å². The van der Waals surface area contributed by atoms with Crippen molar-refractivity contribution in [2.45, 2.75) is 44.6 Å². The zero-order valence-electron chi connectivity index (χ0n) is 10.3. The fourth-order valence-electron chi connectivity index (χ4n) is 2.59. The molecule has 0 spiro atoms. The average molecular weight is 226 g/mol. The summed E-state index contributed by atoms with van der Waals surface area (Å²) in [6.07, 6.45) is 7.66. The number of aliphatic hydroxyl groups is 1. The molecule has 3 nitrogen and oxygen atoms in total. The zero-order valence-corrected chi connectivity index (χ0v) is 10.3. The summed E-state index contributed by atoms with van der Waals surface area (Å²) in [6.45, 7) is 5.29. The number of aliphatic hydroxyl groups excluding tert-OH is 1. The van der Waals surface area contributed by atoms with Gasteiger partial charge >= 0.3 is 0 Å². The monoisotopic (exact) mass is 226 g/mol. The summed E-state index contributed by atoms with van der Waals surface area (Å²) in [5, 5.41) is 12.4. The summed E-state index contributed by atoms with van der Waals surface area (Å²) < 4.78 is 0. The molecule has 1 saturated heterocycles. The molecule has 0 aromatic heterocycles. The number of nitrogens with one attached hydrogen (secondary N) is 1. The van der Waals surface area contributed by atoms with Crippen LogP contribution >= 0.6 is 0 Å². The van der Waals surface area contributed by atoms with Gasteiger partial charge in [-0.1, -0.05) is 0 Å². The molecule has 2 aliphatic rings. The molecule has 1 aliphatic heterocycles. The minimum atomic E-state index is 0.348. The van der Waals surface area contributed by atoms with E-state index in [9.17, 15) is 0 Å². The highest BCUT2D eigenvalue weighted by atomic mass is 16.2. The highest BCUT2D eigenvalue weighted by molar-refractivity contribution is 4.83. The van der Waals surface area contributed by atoms with Gasteiger partial charge in [-0.2, -0.15) is 0 Å². The van der Waals surface area contributed by atoms with Crippen LogP contribution in [0.25, 0.3) is 0 Å². The summed E-state index contributed by atoms with van der Waals surface area (Å²) in [4.78, 5) is 2.58. The third-order valence-corrected chi connectivity index (χ3v) is 3.76. The fourth-order valence-corrected chi connectivity index (χ4v) is 2.59. The number of likely N-dealkylation sites (tertiary alicyclic amines) is 1. The van der Waals surface area contributed by atoms with Crippen molar-refractivity contribution in [1.29, 1.82) is 0 Å². The molecule has 0 aromatic carbocycles. The van der Waals surface area contributed by atoms with Gasteiger partial charge in [0.2, 0.25) is 0 Å². The normalized spacial score (nSPS) is 27.2. The number of piperidine rings is 1. The van der Waals surface area contributed by atoms with E-state index in [2.05, 4.69) is 10.2 Å². The van der Waals surface area contributed by atoms with Gasteiger partial charge in [-0.15, -0.1) is 0 Å². The molecule has 16 heavy (non-hydrogen) atoms. The van der Waals surface area contributed by atoms with Crippen LogP contribution in [0.15, 0.2) is 0 Å². The van der Waals surface area contributed by atoms with Gasteiger partial charge in [-0.3, -0.25) is 0 Å². The minimum absolute atomic E-state index is 0.348. The Morgan fingerprint density at radius 1 is 1.19 bits per heavy atom. The number of unbranched alkanes of at least 4 members (excludes halogenated alkanes) is 1. The second kappa shape index (κ2) is 6.58. The van der Waals surface area contributed by atoms with Gasteiger partial charge in [0.05, 0.1) is 0 Å². The second-order valence-corrected chi connectivity index (χ2v) is 5.42. The lowest BCUT2D eigenvalue weighted by Crippen LogP contribution is -2.40. The van der Waals surface area contributed by atoms with Gasteiger partial charge in [0.1, 0.15) is 0 Å². The van der Waals surface area contributed by atoms with Gasteiger partial charge in [-0.05, 0) is 64.1 Å². The van der Waals surface area contributed by atoms with E-state index in [4.69, 9.17) is 5.11 Å². The number of hydrogen-bond donors (Lipinski definition) is 2. The Morgan fingerprint density at radius 2 is 2.06 bits per heavy atom. The van der Waals surface area contributed by atoms with Crippen molar-refractivity contribution in [3.8, 4) is 0 Å².